The highest BCUT2D eigenvalue weighted by atomic mass is 35.5. The summed E-state index contributed by atoms with van der Waals surface area (Å²) in [7, 11) is 0. The van der Waals surface area contributed by atoms with Crippen molar-refractivity contribution in [1.82, 2.24) is 0 Å². The number of aryl methyl sites for hydroxylation is 1. The molecule has 0 radical (unpaired) electrons. The zero-order valence-corrected chi connectivity index (χ0v) is 15.5. The van der Waals surface area contributed by atoms with Crippen molar-refractivity contribution in [2.24, 2.45) is 35.5 Å². The summed E-state index contributed by atoms with van der Waals surface area (Å²) in [6.07, 6.45) is 4.74. The molecule has 4 aliphatic carbocycles. The molecule has 0 N–H and O–H groups in total. The van der Waals surface area contributed by atoms with Gasteiger partial charge in [0.1, 0.15) is 0 Å². The molecular weight excluding hydrogens is 340 g/mol. The second-order valence-electron chi connectivity index (χ2n) is 8.95. The first-order valence-corrected chi connectivity index (χ1v) is 10.5. The van der Waals surface area contributed by atoms with Gasteiger partial charge in [0.2, 0.25) is 0 Å². The van der Waals surface area contributed by atoms with Gasteiger partial charge < -0.3 is 0 Å². The number of carbonyl (C=O) groups excluding carboxylic acids is 1. The first-order chi connectivity index (χ1) is 12.7. The lowest BCUT2D eigenvalue weighted by molar-refractivity contribution is 0.0490. The summed E-state index contributed by atoms with van der Waals surface area (Å²) in [5, 5.41) is 0.822. The standard InChI is InChI=1S/C24H23ClO/c25-16-8-5-13(6-9-16)15-11-19-21(23-20(12-15)22(19)23)18-10-7-14-3-1-2-4-17(14)24(18)26/h1-6,8-9,15,18-23H,7,10-12H2. The van der Waals surface area contributed by atoms with Gasteiger partial charge in [-0.2, -0.15) is 0 Å². The van der Waals surface area contributed by atoms with Crippen LogP contribution in [0.2, 0.25) is 5.02 Å². The lowest BCUT2D eigenvalue weighted by Crippen LogP contribution is -2.42. The average Bonchev–Trinajstić information content (AvgIpc) is 3.35. The Morgan fingerprint density at radius 1 is 0.846 bits per heavy atom. The van der Waals surface area contributed by atoms with Crippen LogP contribution < -0.4 is 0 Å². The molecular formula is C24H23ClO. The van der Waals surface area contributed by atoms with E-state index in [2.05, 4.69) is 30.3 Å². The Kier molecular flexibility index (Phi) is 3.24. The Morgan fingerprint density at radius 2 is 1.58 bits per heavy atom. The molecule has 6 rings (SSSR count). The van der Waals surface area contributed by atoms with E-state index in [1.165, 1.54) is 24.0 Å². The van der Waals surface area contributed by atoms with E-state index >= 15 is 0 Å². The normalized spacial score (nSPS) is 39.6. The highest BCUT2D eigenvalue weighted by Gasteiger charge is 2.72. The molecule has 3 saturated carbocycles. The van der Waals surface area contributed by atoms with E-state index in [4.69, 9.17) is 11.6 Å². The molecule has 0 aliphatic heterocycles. The molecule has 0 aromatic heterocycles. The highest BCUT2D eigenvalue weighted by Crippen LogP contribution is 2.77. The fourth-order valence-corrected chi connectivity index (χ4v) is 7.04. The van der Waals surface area contributed by atoms with Crippen LogP contribution in [0.25, 0.3) is 0 Å². The molecule has 3 fully saturated rings. The number of Topliss-reactive ketones (excluding diaryl/α,β-unsaturated/α-hetero) is 1. The number of fused-ring (bicyclic) bond motifs is 2. The smallest absolute Gasteiger partial charge is 0.166 e. The molecule has 2 heteroatoms. The maximum Gasteiger partial charge on any atom is 0.166 e. The van der Waals surface area contributed by atoms with E-state index in [1.54, 1.807) is 0 Å². The lowest BCUT2D eigenvalue weighted by Gasteiger charge is -2.44. The zero-order chi connectivity index (χ0) is 17.4. The van der Waals surface area contributed by atoms with Crippen molar-refractivity contribution in [3.05, 3.63) is 70.2 Å². The number of halogens is 1. The monoisotopic (exact) mass is 362 g/mol. The molecule has 0 amide bonds. The summed E-state index contributed by atoms with van der Waals surface area (Å²) < 4.78 is 0. The van der Waals surface area contributed by atoms with Crippen LogP contribution in [0.5, 0.6) is 0 Å². The van der Waals surface area contributed by atoms with Crippen LogP contribution in [0.3, 0.4) is 0 Å². The highest BCUT2D eigenvalue weighted by molar-refractivity contribution is 6.30. The van der Waals surface area contributed by atoms with Gasteiger partial charge in [-0.3, -0.25) is 4.79 Å². The van der Waals surface area contributed by atoms with Gasteiger partial charge in [-0.05, 0) is 84.5 Å². The van der Waals surface area contributed by atoms with Crippen molar-refractivity contribution in [1.29, 1.82) is 0 Å². The third-order valence-electron chi connectivity index (χ3n) is 7.99. The third kappa shape index (κ3) is 2.07. The van der Waals surface area contributed by atoms with Crippen molar-refractivity contribution in [3.8, 4) is 0 Å². The Bertz CT molecular complexity index is 885. The van der Waals surface area contributed by atoms with Gasteiger partial charge in [0.25, 0.3) is 0 Å². The third-order valence-corrected chi connectivity index (χ3v) is 8.24. The van der Waals surface area contributed by atoms with Crippen LogP contribution in [-0.4, -0.2) is 5.78 Å². The van der Waals surface area contributed by atoms with Crippen molar-refractivity contribution >= 4 is 17.4 Å². The van der Waals surface area contributed by atoms with Crippen LogP contribution in [0.15, 0.2) is 48.5 Å². The first kappa shape index (κ1) is 15.5. The topological polar surface area (TPSA) is 17.1 Å². The molecule has 26 heavy (non-hydrogen) atoms. The number of carbonyl (C=O) groups is 1. The molecule has 7 unspecified atom stereocenters. The fourth-order valence-electron chi connectivity index (χ4n) is 6.91. The van der Waals surface area contributed by atoms with E-state index in [0.717, 1.165) is 47.1 Å². The summed E-state index contributed by atoms with van der Waals surface area (Å²) in [6.45, 7) is 0. The van der Waals surface area contributed by atoms with Crippen LogP contribution in [0.4, 0.5) is 0 Å². The summed E-state index contributed by atoms with van der Waals surface area (Å²) >= 11 is 6.07. The lowest BCUT2D eigenvalue weighted by atomic mass is 9.60. The fraction of sp³-hybridized carbons (Fsp3) is 0.458. The largest absolute Gasteiger partial charge is 0.294 e. The molecule has 0 saturated heterocycles. The quantitative estimate of drug-likeness (QED) is 0.662. The molecule has 0 heterocycles. The maximum atomic E-state index is 13.2. The minimum atomic E-state index is 0.283. The predicted molar refractivity (Wildman–Crippen MR) is 103 cm³/mol. The number of hydrogen-bond acceptors (Lipinski definition) is 1. The minimum Gasteiger partial charge on any atom is -0.294 e. The van der Waals surface area contributed by atoms with Crippen LogP contribution in [0, 0.1) is 35.5 Å². The van der Waals surface area contributed by atoms with E-state index in [1.807, 2.05) is 18.2 Å². The molecule has 0 bridgehead atoms. The van der Waals surface area contributed by atoms with Gasteiger partial charge in [-0.25, -0.2) is 0 Å². The summed E-state index contributed by atoms with van der Waals surface area (Å²) in [5.74, 6) is 5.48. The van der Waals surface area contributed by atoms with E-state index < -0.39 is 0 Å². The van der Waals surface area contributed by atoms with Crippen molar-refractivity contribution in [2.75, 3.05) is 0 Å². The summed E-state index contributed by atoms with van der Waals surface area (Å²) in [4.78, 5) is 13.2. The predicted octanol–water partition coefficient (Wildman–Crippen LogP) is 5.77. The zero-order valence-electron chi connectivity index (χ0n) is 14.8. The second kappa shape index (κ2) is 5.45. The van der Waals surface area contributed by atoms with Crippen LogP contribution in [-0.2, 0) is 6.42 Å². The van der Waals surface area contributed by atoms with E-state index in [9.17, 15) is 4.79 Å². The van der Waals surface area contributed by atoms with Gasteiger partial charge in [0.15, 0.2) is 5.78 Å². The van der Waals surface area contributed by atoms with Crippen LogP contribution >= 0.6 is 11.6 Å². The molecule has 2 aromatic carbocycles. The van der Waals surface area contributed by atoms with E-state index in [0.29, 0.717) is 17.6 Å². The Balaban J connectivity index is 1.25. The average molecular weight is 363 g/mol. The molecule has 132 valence electrons. The summed E-state index contributed by atoms with van der Waals surface area (Å²) in [6, 6.07) is 16.8. The maximum absolute atomic E-state index is 13.2. The van der Waals surface area contributed by atoms with Gasteiger partial charge >= 0.3 is 0 Å². The molecule has 1 nitrogen and oxygen atoms in total. The number of rotatable bonds is 2. The number of benzene rings is 2. The van der Waals surface area contributed by atoms with Crippen molar-refractivity contribution in [2.45, 2.75) is 31.6 Å². The molecule has 4 aliphatic rings. The van der Waals surface area contributed by atoms with Crippen molar-refractivity contribution < 1.29 is 4.79 Å². The van der Waals surface area contributed by atoms with Gasteiger partial charge in [0.05, 0.1) is 0 Å². The van der Waals surface area contributed by atoms with Gasteiger partial charge in [-0.15, -0.1) is 0 Å². The van der Waals surface area contributed by atoms with Crippen molar-refractivity contribution in [3.63, 3.8) is 0 Å². The molecule has 0 spiro atoms. The van der Waals surface area contributed by atoms with Crippen LogP contribution in [0.1, 0.15) is 46.7 Å². The SMILES string of the molecule is O=C1c2ccccc2CCC1C1C2CC(c3ccc(Cl)cc3)CC3C2C31. The number of hydrogen-bond donors (Lipinski definition) is 0. The van der Waals surface area contributed by atoms with E-state index in [-0.39, 0.29) is 5.92 Å². The minimum absolute atomic E-state index is 0.283. The number of ketones is 1. The second-order valence-corrected chi connectivity index (χ2v) is 9.38. The Hall–Kier alpha value is -1.60. The van der Waals surface area contributed by atoms with Gasteiger partial charge in [0, 0.05) is 16.5 Å². The molecule has 2 aromatic rings. The molecule has 7 atom stereocenters. The summed E-state index contributed by atoms with van der Waals surface area (Å²) in [5.41, 5.74) is 3.73. The van der Waals surface area contributed by atoms with Gasteiger partial charge in [-0.1, -0.05) is 48.0 Å². The Morgan fingerprint density at radius 3 is 2.38 bits per heavy atom. The first-order valence-electron chi connectivity index (χ1n) is 10.1. The Labute approximate surface area is 159 Å².